The van der Waals surface area contributed by atoms with Gasteiger partial charge in [0.2, 0.25) is 0 Å². The van der Waals surface area contributed by atoms with Crippen molar-refractivity contribution in [3.63, 3.8) is 0 Å². The van der Waals surface area contributed by atoms with E-state index in [4.69, 9.17) is 0 Å². The van der Waals surface area contributed by atoms with E-state index in [9.17, 15) is 15.0 Å². The first kappa shape index (κ1) is 8.56. The van der Waals surface area contributed by atoms with Crippen LogP contribution in [-0.2, 0) is 0 Å². The Labute approximate surface area is 80.2 Å². The largest absolute Gasteiger partial charge is 0.507 e. The number of rotatable bonds is 1. The molecular formula is C11H8O3. The van der Waals surface area contributed by atoms with Gasteiger partial charge in [0.05, 0.1) is 5.56 Å². The maximum Gasteiger partial charge on any atom is 0.157 e. The third kappa shape index (κ3) is 1.10. The van der Waals surface area contributed by atoms with Crippen LogP contribution >= 0.6 is 0 Å². The van der Waals surface area contributed by atoms with Gasteiger partial charge in [-0.05, 0) is 11.5 Å². The van der Waals surface area contributed by atoms with E-state index in [0.717, 1.165) is 0 Å². The molecule has 0 aliphatic rings. The summed E-state index contributed by atoms with van der Waals surface area (Å²) in [6.07, 6.45) is 0.442. The molecule has 2 aromatic carbocycles. The summed E-state index contributed by atoms with van der Waals surface area (Å²) in [5.41, 5.74) is -0.0660. The summed E-state index contributed by atoms with van der Waals surface area (Å²) < 4.78 is 0. The molecule has 0 aliphatic carbocycles. The highest BCUT2D eigenvalue weighted by atomic mass is 16.3. The van der Waals surface area contributed by atoms with E-state index in [0.29, 0.717) is 17.1 Å². The lowest BCUT2D eigenvalue weighted by Crippen LogP contribution is -1.84. The third-order valence-corrected chi connectivity index (χ3v) is 2.16. The van der Waals surface area contributed by atoms with Crippen LogP contribution in [0.5, 0.6) is 11.5 Å². The van der Waals surface area contributed by atoms with Crippen LogP contribution in [0.2, 0.25) is 0 Å². The van der Waals surface area contributed by atoms with Gasteiger partial charge in [0.15, 0.2) is 6.29 Å². The number of aldehydes is 1. The molecule has 0 aliphatic heterocycles. The minimum atomic E-state index is -0.198. The molecule has 0 aromatic heterocycles. The number of benzene rings is 2. The standard InChI is InChI=1S/C11H8O3/c12-6-9-10(13)5-7-3-1-2-4-8(7)11(9)14/h1-6,13-14H. The Hall–Kier alpha value is -2.03. The van der Waals surface area contributed by atoms with Gasteiger partial charge in [-0.15, -0.1) is 0 Å². The average molecular weight is 188 g/mol. The van der Waals surface area contributed by atoms with Crippen molar-refractivity contribution in [1.82, 2.24) is 0 Å². The van der Waals surface area contributed by atoms with Gasteiger partial charge in [0.25, 0.3) is 0 Å². The SMILES string of the molecule is O=Cc1c(O)cc2ccccc2c1O. The van der Waals surface area contributed by atoms with Crippen LogP contribution in [0.4, 0.5) is 0 Å². The maximum atomic E-state index is 10.6. The molecule has 0 unspecified atom stereocenters. The Bertz CT molecular complexity index is 503. The Morgan fingerprint density at radius 3 is 2.57 bits per heavy atom. The van der Waals surface area contributed by atoms with Gasteiger partial charge in [0, 0.05) is 5.39 Å². The van der Waals surface area contributed by atoms with Crippen molar-refractivity contribution in [2.75, 3.05) is 0 Å². The molecule has 0 bridgehead atoms. The van der Waals surface area contributed by atoms with Crippen molar-refractivity contribution >= 4 is 17.1 Å². The summed E-state index contributed by atoms with van der Waals surface area (Å²) in [4.78, 5) is 10.6. The summed E-state index contributed by atoms with van der Waals surface area (Å²) in [5, 5.41) is 20.3. The number of aromatic hydroxyl groups is 2. The first-order chi connectivity index (χ1) is 6.74. The lowest BCUT2D eigenvalue weighted by Gasteiger charge is -2.05. The lowest BCUT2D eigenvalue weighted by molar-refractivity contribution is 0.111. The zero-order valence-electron chi connectivity index (χ0n) is 7.27. The second kappa shape index (κ2) is 3.03. The lowest BCUT2D eigenvalue weighted by atomic mass is 10.1. The number of hydrogen-bond donors (Lipinski definition) is 2. The molecular weight excluding hydrogens is 180 g/mol. The van der Waals surface area contributed by atoms with E-state index < -0.39 is 0 Å². The summed E-state index contributed by atoms with van der Waals surface area (Å²) >= 11 is 0. The molecule has 2 N–H and O–H groups in total. The van der Waals surface area contributed by atoms with Crippen molar-refractivity contribution in [3.05, 3.63) is 35.9 Å². The van der Waals surface area contributed by atoms with Crippen molar-refractivity contribution in [2.45, 2.75) is 0 Å². The molecule has 0 radical (unpaired) electrons. The predicted octanol–water partition coefficient (Wildman–Crippen LogP) is 2.06. The topological polar surface area (TPSA) is 57.5 Å². The molecule has 3 nitrogen and oxygen atoms in total. The smallest absolute Gasteiger partial charge is 0.157 e. The molecule has 2 aromatic rings. The number of fused-ring (bicyclic) bond motifs is 1. The summed E-state index contributed by atoms with van der Waals surface area (Å²) in [5.74, 6) is -0.369. The van der Waals surface area contributed by atoms with E-state index in [1.807, 2.05) is 0 Å². The fourth-order valence-electron chi connectivity index (χ4n) is 1.45. The van der Waals surface area contributed by atoms with Gasteiger partial charge < -0.3 is 10.2 Å². The quantitative estimate of drug-likeness (QED) is 0.673. The maximum absolute atomic E-state index is 10.6. The second-order valence-corrected chi connectivity index (χ2v) is 3.00. The van der Waals surface area contributed by atoms with E-state index >= 15 is 0 Å². The van der Waals surface area contributed by atoms with Crippen LogP contribution in [0.3, 0.4) is 0 Å². The fourth-order valence-corrected chi connectivity index (χ4v) is 1.45. The van der Waals surface area contributed by atoms with Gasteiger partial charge in [-0.2, -0.15) is 0 Å². The Morgan fingerprint density at radius 1 is 1.14 bits per heavy atom. The normalized spacial score (nSPS) is 10.3. The minimum absolute atomic E-state index is 0.0660. The van der Waals surface area contributed by atoms with E-state index in [2.05, 4.69) is 0 Å². The van der Waals surface area contributed by atoms with Crippen LogP contribution < -0.4 is 0 Å². The molecule has 3 heteroatoms. The summed E-state index contributed by atoms with van der Waals surface area (Å²) in [7, 11) is 0. The number of carbonyl (C=O) groups is 1. The molecule has 2 rings (SSSR count). The van der Waals surface area contributed by atoms with E-state index in [1.165, 1.54) is 6.07 Å². The van der Waals surface area contributed by atoms with Crippen molar-refractivity contribution in [3.8, 4) is 11.5 Å². The average Bonchev–Trinajstić information content (AvgIpc) is 2.18. The predicted molar refractivity (Wildman–Crippen MR) is 52.7 cm³/mol. The fraction of sp³-hybridized carbons (Fsp3) is 0. The second-order valence-electron chi connectivity index (χ2n) is 3.00. The van der Waals surface area contributed by atoms with Crippen LogP contribution in [0, 0.1) is 0 Å². The minimum Gasteiger partial charge on any atom is -0.507 e. The third-order valence-electron chi connectivity index (χ3n) is 2.16. The number of hydrogen-bond acceptors (Lipinski definition) is 3. The Morgan fingerprint density at radius 2 is 1.86 bits per heavy atom. The van der Waals surface area contributed by atoms with Gasteiger partial charge in [-0.25, -0.2) is 0 Å². The highest BCUT2D eigenvalue weighted by Crippen LogP contribution is 2.33. The zero-order chi connectivity index (χ0) is 10.1. The Kier molecular flexibility index (Phi) is 1.85. The molecule has 14 heavy (non-hydrogen) atoms. The molecule has 0 saturated heterocycles. The number of carbonyl (C=O) groups excluding carboxylic acids is 1. The van der Waals surface area contributed by atoms with Crippen LogP contribution in [0.15, 0.2) is 30.3 Å². The molecule has 0 atom stereocenters. The van der Waals surface area contributed by atoms with E-state index in [1.54, 1.807) is 24.3 Å². The molecule has 0 spiro atoms. The van der Waals surface area contributed by atoms with Gasteiger partial charge in [0.1, 0.15) is 11.5 Å². The first-order valence-electron chi connectivity index (χ1n) is 4.13. The van der Waals surface area contributed by atoms with E-state index in [-0.39, 0.29) is 17.1 Å². The van der Waals surface area contributed by atoms with Gasteiger partial charge >= 0.3 is 0 Å². The van der Waals surface area contributed by atoms with Crippen molar-refractivity contribution in [1.29, 1.82) is 0 Å². The zero-order valence-corrected chi connectivity index (χ0v) is 7.27. The van der Waals surface area contributed by atoms with Gasteiger partial charge in [-0.1, -0.05) is 24.3 Å². The molecule has 0 saturated carbocycles. The number of phenolic OH excluding ortho intramolecular Hbond substituents is 2. The van der Waals surface area contributed by atoms with Crippen LogP contribution in [-0.4, -0.2) is 16.5 Å². The van der Waals surface area contributed by atoms with Crippen molar-refractivity contribution < 1.29 is 15.0 Å². The Balaban J connectivity index is 2.92. The molecule has 70 valence electrons. The monoisotopic (exact) mass is 188 g/mol. The molecule has 0 amide bonds. The summed E-state index contributed by atoms with van der Waals surface area (Å²) in [6, 6.07) is 8.45. The van der Waals surface area contributed by atoms with Gasteiger partial charge in [-0.3, -0.25) is 4.79 Å². The summed E-state index contributed by atoms with van der Waals surface area (Å²) in [6.45, 7) is 0. The van der Waals surface area contributed by atoms with Crippen molar-refractivity contribution in [2.24, 2.45) is 0 Å². The first-order valence-corrected chi connectivity index (χ1v) is 4.13. The highest BCUT2D eigenvalue weighted by Gasteiger charge is 2.10. The molecule has 0 fully saturated rings. The van der Waals surface area contributed by atoms with Crippen LogP contribution in [0.25, 0.3) is 10.8 Å². The number of phenols is 2. The highest BCUT2D eigenvalue weighted by molar-refractivity contribution is 5.98. The molecule has 0 heterocycles. The van der Waals surface area contributed by atoms with Crippen LogP contribution in [0.1, 0.15) is 10.4 Å².